The lowest BCUT2D eigenvalue weighted by Gasteiger charge is -2.42. The van der Waals surface area contributed by atoms with Crippen molar-refractivity contribution in [2.75, 3.05) is 19.7 Å². The van der Waals surface area contributed by atoms with Crippen LogP contribution in [0.3, 0.4) is 0 Å². The van der Waals surface area contributed by atoms with Gasteiger partial charge in [-0.2, -0.15) is 0 Å². The SMILES string of the molecule is C=CCN(Cc1ccccc1)C(=O)C1N([C@@H](CO)Cc2ccccc2)C(=O)[C@@H]2[C@@H](C(=O)N(CC=C)Cc3ccccc3)[C@H]3CC(C)C12S3. The van der Waals surface area contributed by atoms with Crippen LogP contribution in [-0.2, 0) is 33.9 Å². The minimum atomic E-state index is -0.843. The van der Waals surface area contributed by atoms with Gasteiger partial charge >= 0.3 is 0 Å². The number of hydrogen-bond donors (Lipinski definition) is 1. The van der Waals surface area contributed by atoms with Gasteiger partial charge in [-0.3, -0.25) is 14.4 Å². The Morgan fingerprint density at radius 2 is 1.38 bits per heavy atom. The highest BCUT2D eigenvalue weighted by Crippen LogP contribution is 2.69. The van der Waals surface area contributed by atoms with Gasteiger partial charge in [-0.05, 0) is 35.4 Å². The number of amides is 3. The number of fused-ring (bicyclic) bond motifs is 1. The van der Waals surface area contributed by atoms with Crippen LogP contribution in [0.25, 0.3) is 0 Å². The van der Waals surface area contributed by atoms with Crippen molar-refractivity contribution in [3.05, 3.63) is 133 Å². The van der Waals surface area contributed by atoms with Crippen molar-refractivity contribution in [2.45, 2.75) is 54.9 Å². The Hall–Kier alpha value is -4.14. The number of thioether (sulfide) groups is 1. The molecule has 3 aliphatic rings. The largest absolute Gasteiger partial charge is 0.394 e. The molecule has 0 saturated carbocycles. The van der Waals surface area contributed by atoms with Gasteiger partial charge in [0.05, 0.1) is 29.2 Å². The molecule has 1 spiro atoms. The third kappa shape index (κ3) is 6.12. The third-order valence-corrected chi connectivity index (χ3v) is 12.5. The molecular formula is C40H45N3O4S. The van der Waals surface area contributed by atoms with E-state index in [0.717, 1.165) is 23.1 Å². The van der Waals surface area contributed by atoms with Gasteiger partial charge in [0.15, 0.2) is 0 Å². The highest BCUT2D eigenvalue weighted by Gasteiger charge is 2.77. The summed E-state index contributed by atoms with van der Waals surface area (Å²) in [5.41, 5.74) is 2.95. The van der Waals surface area contributed by atoms with E-state index in [1.54, 1.807) is 38.6 Å². The number of nitrogens with zero attached hydrogens (tertiary/aromatic N) is 3. The maximum Gasteiger partial charge on any atom is 0.247 e. The van der Waals surface area contributed by atoms with Crippen LogP contribution in [0.5, 0.6) is 0 Å². The van der Waals surface area contributed by atoms with E-state index in [2.05, 4.69) is 20.1 Å². The van der Waals surface area contributed by atoms with Gasteiger partial charge in [-0.25, -0.2) is 0 Å². The summed E-state index contributed by atoms with van der Waals surface area (Å²) in [5.74, 6) is -1.72. The molecule has 1 N–H and O–H groups in total. The first kappa shape index (κ1) is 33.7. The average molecular weight is 664 g/mol. The Kier molecular flexibility index (Phi) is 10.2. The molecular weight excluding hydrogens is 619 g/mol. The second-order valence-electron chi connectivity index (χ2n) is 13.3. The van der Waals surface area contributed by atoms with Gasteiger partial charge in [-0.1, -0.05) is 110 Å². The number of aliphatic hydroxyl groups is 1. The molecule has 0 aliphatic carbocycles. The van der Waals surface area contributed by atoms with E-state index in [4.69, 9.17) is 0 Å². The zero-order valence-electron chi connectivity index (χ0n) is 27.6. The maximum absolute atomic E-state index is 15.1. The first-order valence-electron chi connectivity index (χ1n) is 16.9. The molecule has 48 heavy (non-hydrogen) atoms. The van der Waals surface area contributed by atoms with Crippen LogP contribution in [0.15, 0.2) is 116 Å². The van der Waals surface area contributed by atoms with Gasteiger partial charge < -0.3 is 19.8 Å². The number of carbonyl (C=O) groups is 3. The smallest absolute Gasteiger partial charge is 0.247 e. The molecule has 3 unspecified atom stereocenters. The fourth-order valence-corrected chi connectivity index (χ4v) is 10.7. The topological polar surface area (TPSA) is 81.2 Å². The van der Waals surface area contributed by atoms with Crippen LogP contribution >= 0.6 is 11.8 Å². The summed E-state index contributed by atoms with van der Waals surface area (Å²) in [5, 5.41) is 10.8. The van der Waals surface area contributed by atoms with E-state index >= 15 is 9.59 Å². The van der Waals surface area contributed by atoms with Crippen molar-refractivity contribution in [1.29, 1.82) is 0 Å². The molecule has 8 heteroatoms. The Balaban J connectivity index is 1.42. The van der Waals surface area contributed by atoms with E-state index in [0.29, 0.717) is 32.6 Å². The standard InChI is InChI=1S/C40H45N3O4S/c1-4-21-41(25-30-17-11-7-12-18-30)37(45)34-33-23-28(3)40(48-33)35(34)38(46)43(32(27-44)24-29-15-9-6-10-16-29)36(40)39(47)42(22-5-2)26-31-19-13-8-14-20-31/h4-20,28,32-36,44H,1-2,21-27H2,3H3/t28?,32-,33-,34+,35+,36?,40?/m1/s1. The second-order valence-corrected chi connectivity index (χ2v) is 14.9. The molecule has 7 nitrogen and oxygen atoms in total. The Morgan fingerprint density at radius 3 is 1.88 bits per heavy atom. The summed E-state index contributed by atoms with van der Waals surface area (Å²) in [7, 11) is 0. The highest BCUT2D eigenvalue weighted by molar-refractivity contribution is 8.02. The number of hydrogen-bond acceptors (Lipinski definition) is 5. The molecule has 250 valence electrons. The number of likely N-dealkylation sites (tertiary alicyclic amines) is 1. The fraction of sp³-hybridized carbons (Fsp3) is 0.375. The van der Waals surface area contributed by atoms with E-state index in [9.17, 15) is 9.90 Å². The van der Waals surface area contributed by atoms with Crippen LogP contribution in [0.2, 0.25) is 0 Å². The number of carbonyl (C=O) groups excluding carboxylic acids is 3. The highest BCUT2D eigenvalue weighted by atomic mass is 32.2. The first-order valence-corrected chi connectivity index (χ1v) is 17.7. The Bertz CT molecular complexity index is 1620. The zero-order chi connectivity index (χ0) is 33.8. The number of aliphatic hydroxyl groups excluding tert-OH is 1. The molecule has 6 rings (SSSR count). The van der Waals surface area contributed by atoms with E-state index in [-0.39, 0.29) is 35.5 Å². The quantitative estimate of drug-likeness (QED) is 0.235. The maximum atomic E-state index is 15.1. The molecule has 2 bridgehead atoms. The van der Waals surface area contributed by atoms with Crippen molar-refractivity contribution in [1.82, 2.24) is 14.7 Å². The van der Waals surface area contributed by atoms with Crippen molar-refractivity contribution in [3.8, 4) is 0 Å². The van der Waals surface area contributed by atoms with Crippen molar-refractivity contribution < 1.29 is 19.5 Å². The van der Waals surface area contributed by atoms with Crippen LogP contribution in [-0.4, -0.2) is 79.3 Å². The molecule has 3 fully saturated rings. The molecule has 3 amide bonds. The zero-order valence-corrected chi connectivity index (χ0v) is 28.4. The summed E-state index contributed by atoms with van der Waals surface area (Å²) >= 11 is 1.67. The molecule has 0 aromatic heterocycles. The van der Waals surface area contributed by atoms with E-state index in [1.165, 1.54) is 0 Å². The van der Waals surface area contributed by atoms with Crippen molar-refractivity contribution in [3.63, 3.8) is 0 Å². The van der Waals surface area contributed by atoms with Gasteiger partial charge in [0, 0.05) is 31.4 Å². The predicted molar refractivity (Wildman–Crippen MR) is 191 cm³/mol. The van der Waals surface area contributed by atoms with Crippen LogP contribution < -0.4 is 0 Å². The molecule has 7 atom stereocenters. The van der Waals surface area contributed by atoms with E-state index < -0.39 is 28.7 Å². The molecule has 3 aromatic rings. The van der Waals surface area contributed by atoms with Gasteiger partial charge in [0.2, 0.25) is 17.7 Å². The number of benzene rings is 3. The fourth-order valence-electron chi connectivity index (χ4n) is 8.32. The lowest BCUT2D eigenvalue weighted by Crippen LogP contribution is -2.59. The monoisotopic (exact) mass is 663 g/mol. The number of rotatable bonds is 14. The second kappa shape index (κ2) is 14.5. The average Bonchev–Trinajstić information content (AvgIpc) is 3.71. The van der Waals surface area contributed by atoms with E-state index in [1.807, 2.05) is 91.0 Å². The third-order valence-electron chi connectivity index (χ3n) is 10.4. The molecule has 0 radical (unpaired) electrons. The van der Waals surface area contributed by atoms with Crippen LogP contribution in [0.1, 0.15) is 30.0 Å². The normalized spacial score (nSPS) is 26.2. The first-order chi connectivity index (χ1) is 23.3. The Morgan fingerprint density at radius 1 is 0.875 bits per heavy atom. The van der Waals surface area contributed by atoms with Crippen LogP contribution in [0, 0.1) is 17.8 Å². The molecule has 3 aromatic carbocycles. The van der Waals surface area contributed by atoms with Crippen molar-refractivity contribution in [2.24, 2.45) is 17.8 Å². The molecule has 3 saturated heterocycles. The summed E-state index contributed by atoms with van der Waals surface area (Å²) in [6.07, 6.45) is 4.58. The molecule has 3 heterocycles. The molecule has 3 aliphatic heterocycles. The summed E-state index contributed by atoms with van der Waals surface area (Å²) in [6.45, 7) is 11.1. The van der Waals surface area contributed by atoms with Gasteiger partial charge in [0.1, 0.15) is 6.04 Å². The lowest BCUT2D eigenvalue weighted by molar-refractivity contribution is -0.147. The summed E-state index contributed by atoms with van der Waals surface area (Å²) in [4.78, 5) is 50.0. The van der Waals surface area contributed by atoms with Gasteiger partial charge in [0.25, 0.3) is 0 Å². The van der Waals surface area contributed by atoms with Gasteiger partial charge in [-0.15, -0.1) is 24.9 Å². The van der Waals surface area contributed by atoms with Crippen LogP contribution in [0.4, 0.5) is 0 Å². The minimum Gasteiger partial charge on any atom is -0.394 e. The minimum absolute atomic E-state index is 0.00445. The van der Waals surface area contributed by atoms with Crippen molar-refractivity contribution >= 4 is 29.5 Å². The Labute approximate surface area is 288 Å². The summed E-state index contributed by atoms with van der Waals surface area (Å²) < 4.78 is -0.814. The lowest BCUT2D eigenvalue weighted by atomic mass is 9.65. The predicted octanol–water partition coefficient (Wildman–Crippen LogP) is 5.36. The summed E-state index contributed by atoms with van der Waals surface area (Å²) in [6, 6.07) is 28.0.